The third kappa shape index (κ3) is 2.99. The monoisotopic (exact) mass is 177 g/mol. The number of nitrogens with two attached hydrogens (primary N) is 1. The summed E-state index contributed by atoms with van der Waals surface area (Å²) in [4.78, 5) is 10.9. The molecule has 68 valence electrons. The van der Waals surface area contributed by atoms with E-state index < -0.39 is 5.97 Å². The molecule has 0 aliphatic carbocycles. The van der Waals surface area contributed by atoms with Crippen molar-refractivity contribution in [3.8, 4) is 0 Å². The molecule has 0 atom stereocenters. The minimum atomic E-state index is -0.566. The number of esters is 1. The van der Waals surface area contributed by atoms with Gasteiger partial charge in [-0.3, -0.25) is 0 Å². The Kier molecular flexibility index (Phi) is 3.09. The van der Waals surface area contributed by atoms with Gasteiger partial charge in [-0.05, 0) is 5.56 Å². The zero-order valence-corrected chi connectivity index (χ0v) is 7.19. The predicted octanol–water partition coefficient (Wildman–Crippen LogP) is 1.20. The van der Waals surface area contributed by atoms with Crippen LogP contribution in [0.2, 0.25) is 0 Å². The van der Waals surface area contributed by atoms with E-state index in [-0.39, 0.29) is 12.3 Å². The molecule has 0 aromatic heterocycles. The van der Waals surface area contributed by atoms with E-state index in [1.807, 2.05) is 30.3 Å². The number of carbonyl (C=O) groups is 1. The molecule has 0 fully saturated rings. The molecule has 3 heteroatoms. The van der Waals surface area contributed by atoms with Crippen molar-refractivity contribution >= 4 is 5.97 Å². The molecule has 0 bridgehead atoms. The summed E-state index contributed by atoms with van der Waals surface area (Å²) in [5.41, 5.74) is 5.99. The van der Waals surface area contributed by atoms with Crippen LogP contribution in [0, 0.1) is 0 Å². The summed E-state index contributed by atoms with van der Waals surface area (Å²) in [5, 5.41) is 0. The highest BCUT2D eigenvalue weighted by atomic mass is 16.5. The minimum Gasteiger partial charge on any atom is -0.456 e. The van der Waals surface area contributed by atoms with E-state index in [4.69, 9.17) is 10.5 Å². The van der Waals surface area contributed by atoms with Gasteiger partial charge in [0, 0.05) is 0 Å². The molecule has 1 aromatic rings. The maximum absolute atomic E-state index is 10.9. The second kappa shape index (κ2) is 4.30. The van der Waals surface area contributed by atoms with Gasteiger partial charge in [0.25, 0.3) is 0 Å². The van der Waals surface area contributed by atoms with E-state index >= 15 is 0 Å². The van der Waals surface area contributed by atoms with Crippen LogP contribution < -0.4 is 5.73 Å². The summed E-state index contributed by atoms with van der Waals surface area (Å²) in [6, 6.07) is 9.38. The predicted molar refractivity (Wildman–Crippen MR) is 49.6 cm³/mol. The van der Waals surface area contributed by atoms with Gasteiger partial charge in [0.1, 0.15) is 12.3 Å². The third-order valence-electron chi connectivity index (χ3n) is 1.47. The van der Waals surface area contributed by atoms with E-state index in [1.54, 1.807) is 0 Å². The Hall–Kier alpha value is -1.77. The van der Waals surface area contributed by atoms with Gasteiger partial charge >= 0.3 is 5.97 Å². The van der Waals surface area contributed by atoms with Gasteiger partial charge in [0.05, 0.1) is 0 Å². The maximum atomic E-state index is 10.9. The van der Waals surface area contributed by atoms with Gasteiger partial charge in [-0.15, -0.1) is 0 Å². The Morgan fingerprint density at radius 3 is 2.54 bits per heavy atom. The van der Waals surface area contributed by atoms with Crippen molar-refractivity contribution < 1.29 is 9.53 Å². The van der Waals surface area contributed by atoms with Crippen LogP contribution in [-0.2, 0) is 16.1 Å². The summed E-state index contributed by atoms with van der Waals surface area (Å²) in [7, 11) is 0. The molecule has 0 heterocycles. The Labute approximate surface area is 76.8 Å². The van der Waals surface area contributed by atoms with Crippen molar-refractivity contribution in [1.29, 1.82) is 0 Å². The lowest BCUT2D eigenvalue weighted by Gasteiger charge is -2.03. The Morgan fingerprint density at radius 2 is 2.00 bits per heavy atom. The Balaban J connectivity index is 2.44. The molecule has 0 radical (unpaired) electrons. The van der Waals surface area contributed by atoms with Gasteiger partial charge in [0.2, 0.25) is 0 Å². The van der Waals surface area contributed by atoms with Crippen LogP contribution in [0.1, 0.15) is 5.56 Å². The van der Waals surface area contributed by atoms with E-state index in [2.05, 4.69) is 6.58 Å². The van der Waals surface area contributed by atoms with Crippen molar-refractivity contribution in [2.45, 2.75) is 6.61 Å². The number of carbonyl (C=O) groups excluding carboxylic acids is 1. The zero-order valence-electron chi connectivity index (χ0n) is 7.19. The molecular weight excluding hydrogens is 166 g/mol. The first kappa shape index (κ1) is 9.32. The lowest BCUT2D eigenvalue weighted by Crippen LogP contribution is -2.13. The second-order valence-corrected chi connectivity index (χ2v) is 2.59. The normalized spacial score (nSPS) is 9.23. The fraction of sp³-hybridized carbons (Fsp3) is 0.100. The van der Waals surface area contributed by atoms with E-state index in [0.717, 1.165) is 5.56 Å². The molecule has 0 aliphatic heterocycles. The number of ether oxygens (including phenoxy) is 1. The number of hydrogen-bond donors (Lipinski definition) is 1. The third-order valence-corrected chi connectivity index (χ3v) is 1.47. The van der Waals surface area contributed by atoms with Gasteiger partial charge < -0.3 is 10.5 Å². The molecule has 0 saturated carbocycles. The summed E-state index contributed by atoms with van der Waals surface area (Å²) in [5.74, 6) is -0.566. The molecule has 13 heavy (non-hydrogen) atoms. The van der Waals surface area contributed by atoms with Gasteiger partial charge in [-0.25, -0.2) is 4.79 Å². The molecule has 0 saturated heterocycles. The molecule has 1 aromatic carbocycles. The van der Waals surface area contributed by atoms with Crippen LogP contribution in [0.3, 0.4) is 0 Å². The molecule has 0 spiro atoms. The zero-order chi connectivity index (χ0) is 9.68. The molecule has 2 N–H and O–H groups in total. The SMILES string of the molecule is C=C(N)C(=O)OCc1ccccc1. The highest BCUT2D eigenvalue weighted by Gasteiger charge is 2.03. The molecule has 3 nitrogen and oxygen atoms in total. The lowest BCUT2D eigenvalue weighted by molar-refractivity contribution is -0.140. The first-order valence-electron chi connectivity index (χ1n) is 3.85. The quantitative estimate of drug-likeness (QED) is 0.557. The average molecular weight is 177 g/mol. The second-order valence-electron chi connectivity index (χ2n) is 2.59. The fourth-order valence-corrected chi connectivity index (χ4v) is 0.816. The summed E-state index contributed by atoms with van der Waals surface area (Å²) >= 11 is 0. The lowest BCUT2D eigenvalue weighted by atomic mass is 10.2. The fourth-order valence-electron chi connectivity index (χ4n) is 0.816. The molecule has 1 rings (SSSR count). The van der Waals surface area contributed by atoms with Crippen molar-refractivity contribution in [3.05, 3.63) is 48.2 Å². The number of rotatable bonds is 3. The van der Waals surface area contributed by atoms with Crippen LogP contribution in [0.5, 0.6) is 0 Å². The Morgan fingerprint density at radius 1 is 1.38 bits per heavy atom. The van der Waals surface area contributed by atoms with Crippen LogP contribution in [0.15, 0.2) is 42.6 Å². The summed E-state index contributed by atoms with van der Waals surface area (Å²) in [6.45, 7) is 3.50. The number of hydrogen-bond acceptors (Lipinski definition) is 3. The van der Waals surface area contributed by atoms with Crippen molar-refractivity contribution in [2.75, 3.05) is 0 Å². The van der Waals surface area contributed by atoms with Crippen LogP contribution in [-0.4, -0.2) is 5.97 Å². The van der Waals surface area contributed by atoms with Gasteiger partial charge in [-0.1, -0.05) is 36.9 Å². The van der Waals surface area contributed by atoms with Gasteiger partial charge in [0.15, 0.2) is 0 Å². The summed E-state index contributed by atoms with van der Waals surface area (Å²) in [6.07, 6.45) is 0. The molecule has 0 unspecified atom stereocenters. The minimum absolute atomic E-state index is 0.0732. The number of benzene rings is 1. The standard InChI is InChI=1S/C10H11NO2/c1-8(11)10(12)13-7-9-5-3-2-4-6-9/h2-6H,1,7,11H2. The van der Waals surface area contributed by atoms with Crippen LogP contribution >= 0.6 is 0 Å². The van der Waals surface area contributed by atoms with Crippen molar-refractivity contribution in [1.82, 2.24) is 0 Å². The first-order valence-corrected chi connectivity index (χ1v) is 3.85. The first-order chi connectivity index (χ1) is 6.20. The highest BCUT2D eigenvalue weighted by Crippen LogP contribution is 2.01. The smallest absolute Gasteiger partial charge is 0.353 e. The summed E-state index contributed by atoms with van der Waals surface area (Å²) < 4.78 is 4.83. The maximum Gasteiger partial charge on any atom is 0.353 e. The van der Waals surface area contributed by atoms with Crippen LogP contribution in [0.25, 0.3) is 0 Å². The topological polar surface area (TPSA) is 52.3 Å². The molecule has 0 amide bonds. The van der Waals surface area contributed by atoms with E-state index in [9.17, 15) is 4.79 Å². The van der Waals surface area contributed by atoms with Crippen LogP contribution in [0.4, 0.5) is 0 Å². The highest BCUT2D eigenvalue weighted by molar-refractivity contribution is 5.86. The van der Waals surface area contributed by atoms with Crippen molar-refractivity contribution in [3.63, 3.8) is 0 Å². The van der Waals surface area contributed by atoms with E-state index in [0.29, 0.717) is 0 Å². The van der Waals surface area contributed by atoms with E-state index in [1.165, 1.54) is 0 Å². The molecular formula is C10H11NO2. The Bertz CT molecular complexity index is 306. The molecule has 0 aliphatic rings. The van der Waals surface area contributed by atoms with Crippen molar-refractivity contribution in [2.24, 2.45) is 5.73 Å². The largest absolute Gasteiger partial charge is 0.456 e. The average Bonchev–Trinajstić information content (AvgIpc) is 2.15. The van der Waals surface area contributed by atoms with Gasteiger partial charge in [-0.2, -0.15) is 0 Å².